The van der Waals surface area contributed by atoms with Crippen LogP contribution in [0.3, 0.4) is 0 Å². The highest BCUT2D eigenvalue weighted by molar-refractivity contribution is 7.22. The van der Waals surface area contributed by atoms with Gasteiger partial charge in [0, 0.05) is 30.7 Å². The van der Waals surface area contributed by atoms with Crippen LogP contribution in [-0.2, 0) is 38.2 Å². The number of thiazole rings is 1. The van der Waals surface area contributed by atoms with E-state index in [1.165, 1.54) is 23.0 Å². The third kappa shape index (κ3) is 20.9. The van der Waals surface area contributed by atoms with E-state index in [4.69, 9.17) is 33.2 Å². The molecule has 5 aromatic rings. The summed E-state index contributed by atoms with van der Waals surface area (Å²) in [5.74, 6) is -0.236. The highest BCUT2D eigenvalue weighted by atomic mass is 32.1. The number of carbonyl (C=O) groups excluding carboxylic acids is 6. The van der Waals surface area contributed by atoms with E-state index in [2.05, 4.69) is 30.2 Å². The van der Waals surface area contributed by atoms with Gasteiger partial charge >= 0.3 is 29.8 Å². The van der Waals surface area contributed by atoms with E-state index in [1.807, 2.05) is 48.5 Å². The van der Waals surface area contributed by atoms with Crippen LogP contribution in [0, 0.1) is 30.6 Å². The monoisotopic (exact) mass is 1110 g/mol. The molecule has 16 nitrogen and oxygen atoms in total. The second kappa shape index (κ2) is 33.1. The van der Waals surface area contributed by atoms with Crippen molar-refractivity contribution in [1.29, 1.82) is 0 Å². The normalized spacial score (nSPS) is 16.7. The molecule has 0 bridgehead atoms. The van der Waals surface area contributed by atoms with E-state index in [-0.39, 0.29) is 52.9 Å². The van der Waals surface area contributed by atoms with Crippen LogP contribution in [0.5, 0.6) is 28.7 Å². The number of anilines is 1. The molecular formula is C63H75N3O13S. The Labute approximate surface area is 473 Å². The van der Waals surface area contributed by atoms with Gasteiger partial charge in [0.2, 0.25) is 5.13 Å². The topological polar surface area (TPSA) is 196 Å². The van der Waals surface area contributed by atoms with Gasteiger partial charge < -0.3 is 33.2 Å². The Hall–Kier alpha value is -7.66. The van der Waals surface area contributed by atoms with Crippen LogP contribution >= 0.6 is 11.3 Å². The fourth-order valence-electron chi connectivity index (χ4n) is 9.07. The van der Waals surface area contributed by atoms with Gasteiger partial charge in [0.15, 0.2) is 0 Å². The quantitative estimate of drug-likeness (QED) is 0.0114. The van der Waals surface area contributed by atoms with Gasteiger partial charge in [-0.25, -0.2) is 19.6 Å². The Morgan fingerprint density at radius 1 is 0.575 bits per heavy atom. The summed E-state index contributed by atoms with van der Waals surface area (Å²) in [6.07, 6.45) is 15.8. The van der Waals surface area contributed by atoms with E-state index >= 15 is 0 Å². The summed E-state index contributed by atoms with van der Waals surface area (Å²) in [5, 5.41) is 6.90. The lowest BCUT2D eigenvalue weighted by atomic mass is 9.80. The average Bonchev–Trinajstić information content (AvgIpc) is 3.94. The summed E-state index contributed by atoms with van der Waals surface area (Å²) in [6.45, 7) is 12.5. The maximum Gasteiger partial charge on any atom is 0.330 e. The number of ether oxygens (including phenoxy) is 7. The zero-order valence-electron chi connectivity index (χ0n) is 46.3. The average molecular weight is 1110 g/mol. The third-order valence-electron chi connectivity index (χ3n) is 13.9. The van der Waals surface area contributed by atoms with Gasteiger partial charge in [-0.15, -0.1) is 0 Å². The van der Waals surface area contributed by atoms with Crippen molar-refractivity contribution in [3.05, 3.63) is 127 Å². The molecule has 17 heteroatoms. The first kappa shape index (κ1) is 61.6. The van der Waals surface area contributed by atoms with Gasteiger partial charge in [0.25, 0.3) is 0 Å². The Morgan fingerprint density at radius 2 is 1.02 bits per heavy atom. The Balaban J connectivity index is 0.000000460. The first-order valence-corrected chi connectivity index (χ1v) is 28.5. The fourth-order valence-corrected chi connectivity index (χ4v) is 9.95. The van der Waals surface area contributed by atoms with Crippen molar-refractivity contribution in [3.63, 3.8) is 0 Å². The number of hydrogen-bond acceptors (Lipinski definition) is 17. The number of ketones is 1. The molecule has 1 aromatic heterocycles. The zero-order valence-corrected chi connectivity index (χ0v) is 47.1. The molecule has 0 saturated heterocycles. The molecular weight excluding hydrogens is 1040 g/mol. The molecule has 2 fully saturated rings. The first-order chi connectivity index (χ1) is 38.8. The summed E-state index contributed by atoms with van der Waals surface area (Å²) in [7, 11) is 1.77. The molecule has 0 spiro atoms. The number of hydrogen-bond donors (Lipinski definition) is 0. The predicted molar refractivity (Wildman–Crippen MR) is 308 cm³/mol. The molecule has 0 aliphatic heterocycles. The van der Waals surface area contributed by atoms with E-state index in [0.29, 0.717) is 93.4 Å². The zero-order chi connectivity index (χ0) is 57.1. The van der Waals surface area contributed by atoms with Gasteiger partial charge in [-0.1, -0.05) is 54.3 Å². The minimum atomic E-state index is -0.407. The largest absolute Gasteiger partial charge is 0.494 e. The van der Waals surface area contributed by atoms with Crippen LogP contribution in [0.4, 0.5) is 5.13 Å². The number of Topliss-reactive ketones (excluding diaryl/α,β-unsaturated/α-hetero) is 1. The van der Waals surface area contributed by atoms with Crippen molar-refractivity contribution in [2.45, 2.75) is 117 Å². The van der Waals surface area contributed by atoms with Crippen molar-refractivity contribution in [3.8, 4) is 28.7 Å². The van der Waals surface area contributed by atoms with Gasteiger partial charge in [0.1, 0.15) is 34.5 Å². The van der Waals surface area contributed by atoms with E-state index < -0.39 is 17.9 Å². The molecule has 0 atom stereocenters. The number of rotatable bonds is 28. The molecule has 0 amide bonds. The summed E-state index contributed by atoms with van der Waals surface area (Å²) < 4.78 is 39.8. The number of nitrogens with zero attached hydrogens (tertiary/aromatic N) is 3. The van der Waals surface area contributed by atoms with E-state index in [9.17, 15) is 28.8 Å². The standard InChI is InChI=1S/C47H53N3O10S.C16H22O3/c1-4-43(52)57-28-10-6-5-9-27-56-37-21-23-38(24-22-37)58-44(53)33-17-19-34(20-18-33)45(54)59-39-25-26-41(60-46(55)35-15-13-32(14-16-35)31(2)51)36(29-39)30-48-50(3)47-49-40-11-7-8-12-42(40)61-47;1-3-16(17)19-13-7-5-4-6-12-18-15-10-8-14(2)9-11-15/h4,7-8,11-12,21-26,29-30,32-35H,1,5-6,9-10,13-20,27-28H2,2-3H3;3,8-11H,1,4-7,12-13H2,2H3/b48-30+;. The number of unbranched alkanes of at least 4 members (excludes halogenated alkanes) is 6. The van der Waals surface area contributed by atoms with Crippen molar-refractivity contribution in [2.75, 3.05) is 38.5 Å². The molecule has 426 valence electrons. The molecule has 0 N–H and O–H groups in total. The summed E-state index contributed by atoms with van der Waals surface area (Å²) in [4.78, 5) is 78.2. The number of aromatic nitrogens is 1. The van der Waals surface area contributed by atoms with E-state index in [0.717, 1.165) is 80.0 Å². The minimum absolute atomic E-state index is 0.0182. The number of aryl methyl sites for hydroxylation is 1. The molecule has 4 aromatic carbocycles. The number of para-hydroxylation sites is 1. The van der Waals surface area contributed by atoms with Gasteiger partial charge in [0.05, 0.1) is 60.6 Å². The number of benzene rings is 4. The molecule has 0 unspecified atom stereocenters. The fraction of sp³-hybridized carbons (Fsp3) is 0.429. The number of esters is 5. The highest BCUT2D eigenvalue weighted by Crippen LogP contribution is 2.35. The lowest BCUT2D eigenvalue weighted by Crippen LogP contribution is -2.30. The Kier molecular flexibility index (Phi) is 25.4. The first-order valence-electron chi connectivity index (χ1n) is 27.7. The van der Waals surface area contributed by atoms with Crippen LogP contribution in [-0.4, -0.2) is 80.3 Å². The molecule has 0 radical (unpaired) electrons. The van der Waals surface area contributed by atoms with Crippen LogP contribution < -0.4 is 28.7 Å². The van der Waals surface area contributed by atoms with Crippen molar-refractivity contribution >= 4 is 68.5 Å². The van der Waals surface area contributed by atoms with Crippen LogP contribution in [0.15, 0.2) is 121 Å². The van der Waals surface area contributed by atoms with Crippen molar-refractivity contribution < 1.29 is 61.9 Å². The summed E-state index contributed by atoms with van der Waals surface area (Å²) >= 11 is 1.49. The van der Waals surface area contributed by atoms with E-state index in [1.54, 1.807) is 67.7 Å². The smallest absolute Gasteiger partial charge is 0.330 e. The van der Waals surface area contributed by atoms with Gasteiger partial charge in [-0.05, 0) is 183 Å². The molecule has 2 aliphatic carbocycles. The summed E-state index contributed by atoms with van der Waals surface area (Å²) in [6, 6.07) is 27.6. The maximum atomic E-state index is 13.4. The predicted octanol–water partition coefficient (Wildman–Crippen LogP) is 12.7. The molecule has 2 aliphatic rings. The van der Waals surface area contributed by atoms with Crippen LogP contribution in [0.2, 0.25) is 0 Å². The van der Waals surface area contributed by atoms with Crippen molar-refractivity contribution in [2.24, 2.45) is 28.8 Å². The Bertz CT molecular complexity index is 2820. The molecule has 80 heavy (non-hydrogen) atoms. The van der Waals surface area contributed by atoms with Crippen LogP contribution in [0.1, 0.15) is 121 Å². The maximum absolute atomic E-state index is 13.4. The molecule has 7 rings (SSSR count). The minimum Gasteiger partial charge on any atom is -0.494 e. The van der Waals surface area contributed by atoms with Gasteiger partial charge in [-0.2, -0.15) is 5.10 Å². The number of carbonyl (C=O) groups is 6. The Morgan fingerprint density at radius 3 is 1.54 bits per heavy atom. The van der Waals surface area contributed by atoms with Gasteiger partial charge in [-0.3, -0.25) is 19.2 Å². The lowest BCUT2D eigenvalue weighted by molar-refractivity contribution is -0.145. The van der Waals surface area contributed by atoms with Crippen LogP contribution in [0.25, 0.3) is 10.2 Å². The SMILES string of the molecule is C=CC(=O)OCCCCCCOc1ccc(C)cc1.C=CC(=O)OCCCCCCOc1ccc(OC(=O)C2CCC(C(=O)Oc3ccc(OC(=O)C4CCC(C(C)=O)CC4)c(/C=N/N(C)c4nc5ccccc5s4)c3)CC2)cc1. The molecule has 1 heterocycles. The number of fused-ring (bicyclic) bond motifs is 1. The second-order valence-corrected chi connectivity index (χ2v) is 21.0. The highest BCUT2D eigenvalue weighted by Gasteiger charge is 2.33. The molecule has 2 saturated carbocycles. The third-order valence-corrected chi connectivity index (χ3v) is 15.0. The lowest BCUT2D eigenvalue weighted by Gasteiger charge is -2.26. The number of hydrazone groups is 1. The van der Waals surface area contributed by atoms with Crippen molar-refractivity contribution in [1.82, 2.24) is 4.98 Å². The second-order valence-electron chi connectivity index (χ2n) is 20.0. The summed E-state index contributed by atoms with van der Waals surface area (Å²) in [5.41, 5.74) is 2.53.